The summed E-state index contributed by atoms with van der Waals surface area (Å²) in [6, 6.07) is 0. The lowest BCUT2D eigenvalue weighted by Crippen LogP contribution is -2.51. The first-order valence-electron chi connectivity index (χ1n) is 5.90. The predicted octanol–water partition coefficient (Wildman–Crippen LogP) is 2.76. The average Bonchev–Trinajstić information content (AvgIpc) is 2.16. The molecule has 2 rings (SSSR count). The van der Waals surface area contributed by atoms with Crippen LogP contribution in [0.2, 0.25) is 0 Å². The second kappa shape index (κ2) is 3.82. The minimum atomic E-state index is -0.0692. The molecule has 0 bridgehead atoms. The van der Waals surface area contributed by atoms with Crippen molar-refractivity contribution in [3.8, 4) is 0 Å². The summed E-state index contributed by atoms with van der Waals surface area (Å²) in [6.07, 6.45) is 5.74. The summed E-state index contributed by atoms with van der Waals surface area (Å²) in [4.78, 5) is 0. The van der Waals surface area contributed by atoms with Gasteiger partial charge in [-0.1, -0.05) is 13.3 Å². The number of fused-ring (bicyclic) bond motifs is 1. The Morgan fingerprint density at radius 2 is 2.00 bits per heavy atom. The highest BCUT2D eigenvalue weighted by molar-refractivity contribution is 4.87. The summed E-state index contributed by atoms with van der Waals surface area (Å²) in [5.74, 6) is 0.862. The maximum absolute atomic E-state index is 6.05. The van der Waals surface area contributed by atoms with E-state index in [4.69, 9.17) is 9.47 Å². The van der Waals surface area contributed by atoms with Crippen LogP contribution in [0.25, 0.3) is 0 Å². The van der Waals surface area contributed by atoms with Crippen LogP contribution in [0.3, 0.4) is 0 Å². The zero-order valence-electron chi connectivity index (χ0n) is 9.58. The molecular weight excluding hydrogens is 176 g/mol. The van der Waals surface area contributed by atoms with Crippen LogP contribution in [0.4, 0.5) is 0 Å². The molecule has 0 spiro atoms. The predicted molar refractivity (Wildman–Crippen MR) is 56.3 cm³/mol. The van der Waals surface area contributed by atoms with Crippen LogP contribution in [-0.2, 0) is 9.47 Å². The lowest BCUT2D eigenvalue weighted by atomic mass is 9.82. The third-order valence-electron chi connectivity index (χ3n) is 3.53. The fourth-order valence-electron chi connectivity index (χ4n) is 2.62. The zero-order valence-corrected chi connectivity index (χ0v) is 9.58. The number of rotatable bonds is 1. The molecule has 0 aromatic carbocycles. The van der Waals surface area contributed by atoms with Crippen LogP contribution in [0, 0.1) is 5.92 Å². The highest BCUT2D eigenvalue weighted by Crippen LogP contribution is 2.36. The van der Waals surface area contributed by atoms with Crippen molar-refractivity contribution < 1.29 is 9.47 Å². The lowest BCUT2D eigenvalue weighted by Gasteiger charge is -2.45. The van der Waals surface area contributed by atoms with E-state index >= 15 is 0 Å². The van der Waals surface area contributed by atoms with Gasteiger partial charge in [0, 0.05) is 0 Å². The molecule has 0 aromatic rings. The van der Waals surface area contributed by atoms with E-state index in [2.05, 4.69) is 20.8 Å². The summed E-state index contributed by atoms with van der Waals surface area (Å²) in [7, 11) is 0. The van der Waals surface area contributed by atoms with Gasteiger partial charge in [0.1, 0.15) is 0 Å². The fraction of sp³-hybridized carbons (Fsp3) is 1.00. The smallest absolute Gasteiger partial charge is 0.0864 e. The molecule has 2 unspecified atom stereocenters. The van der Waals surface area contributed by atoms with Crippen molar-refractivity contribution in [2.45, 2.75) is 64.3 Å². The van der Waals surface area contributed by atoms with Crippen molar-refractivity contribution in [1.29, 1.82) is 0 Å². The van der Waals surface area contributed by atoms with Gasteiger partial charge in [-0.15, -0.1) is 0 Å². The summed E-state index contributed by atoms with van der Waals surface area (Å²) < 4.78 is 11.9. The molecule has 82 valence electrons. The molecule has 14 heavy (non-hydrogen) atoms. The Labute approximate surface area is 87.0 Å². The minimum absolute atomic E-state index is 0.0692. The van der Waals surface area contributed by atoms with Crippen molar-refractivity contribution >= 4 is 0 Å². The van der Waals surface area contributed by atoms with E-state index in [1.165, 1.54) is 25.7 Å². The average molecular weight is 198 g/mol. The first-order valence-corrected chi connectivity index (χ1v) is 5.90. The molecule has 1 heterocycles. The highest BCUT2D eigenvalue weighted by atomic mass is 16.6. The van der Waals surface area contributed by atoms with Crippen LogP contribution in [0.5, 0.6) is 0 Å². The van der Waals surface area contributed by atoms with Crippen LogP contribution < -0.4 is 0 Å². The Bertz CT molecular complexity index is 200. The van der Waals surface area contributed by atoms with E-state index in [-0.39, 0.29) is 5.60 Å². The van der Waals surface area contributed by atoms with Gasteiger partial charge < -0.3 is 9.47 Å². The monoisotopic (exact) mass is 198 g/mol. The minimum Gasteiger partial charge on any atom is -0.373 e. The molecule has 1 aliphatic heterocycles. The molecule has 2 fully saturated rings. The summed E-state index contributed by atoms with van der Waals surface area (Å²) >= 11 is 0. The molecular formula is C12H22O2. The lowest BCUT2D eigenvalue weighted by molar-refractivity contribution is -0.232. The first-order chi connectivity index (χ1) is 6.61. The molecule has 2 heteroatoms. The van der Waals surface area contributed by atoms with Crippen molar-refractivity contribution in [2.75, 3.05) is 6.61 Å². The maximum atomic E-state index is 6.05. The third-order valence-corrected chi connectivity index (χ3v) is 3.53. The summed E-state index contributed by atoms with van der Waals surface area (Å²) in [5, 5.41) is 0. The normalized spacial score (nSPS) is 41.8. The van der Waals surface area contributed by atoms with E-state index in [9.17, 15) is 0 Å². The van der Waals surface area contributed by atoms with Gasteiger partial charge in [-0.05, 0) is 39.0 Å². The summed E-state index contributed by atoms with van der Waals surface area (Å²) in [6.45, 7) is 7.27. The Morgan fingerprint density at radius 1 is 1.21 bits per heavy atom. The summed E-state index contributed by atoms with van der Waals surface area (Å²) in [5.41, 5.74) is -0.0692. The van der Waals surface area contributed by atoms with Gasteiger partial charge in [-0.3, -0.25) is 0 Å². The molecule has 3 atom stereocenters. The SMILES string of the molecule is CCC1CCC2OC(C)(C)CO[C@H]2C1. The van der Waals surface area contributed by atoms with Crippen molar-refractivity contribution in [1.82, 2.24) is 0 Å². The van der Waals surface area contributed by atoms with E-state index in [0.29, 0.717) is 12.2 Å². The Hall–Kier alpha value is -0.0800. The number of ether oxygens (including phenoxy) is 2. The van der Waals surface area contributed by atoms with E-state index in [1.54, 1.807) is 0 Å². The quantitative estimate of drug-likeness (QED) is 0.645. The standard InChI is InChI=1S/C12H22O2/c1-4-9-5-6-10-11(7-9)13-8-12(2,3)14-10/h9-11H,4-8H2,1-3H3/t9?,10?,11-/m0/s1. The van der Waals surface area contributed by atoms with Gasteiger partial charge in [-0.2, -0.15) is 0 Å². The molecule has 1 saturated heterocycles. The van der Waals surface area contributed by atoms with E-state index in [0.717, 1.165) is 12.5 Å². The van der Waals surface area contributed by atoms with Crippen molar-refractivity contribution in [2.24, 2.45) is 5.92 Å². The topological polar surface area (TPSA) is 18.5 Å². The molecule has 1 saturated carbocycles. The van der Waals surface area contributed by atoms with Gasteiger partial charge in [0.15, 0.2) is 0 Å². The van der Waals surface area contributed by atoms with Crippen LogP contribution in [0.1, 0.15) is 46.5 Å². The van der Waals surface area contributed by atoms with Crippen molar-refractivity contribution in [3.63, 3.8) is 0 Å². The molecule has 2 nitrogen and oxygen atoms in total. The number of hydrogen-bond donors (Lipinski definition) is 0. The Morgan fingerprint density at radius 3 is 2.71 bits per heavy atom. The fourth-order valence-corrected chi connectivity index (χ4v) is 2.62. The zero-order chi connectivity index (χ0) is 10.2. The highest BCUT2D eigenvalue weighted by Gasteiger charge is 2.39. The van der Waals surface area contributed by atoms with Gasteiger partial charge in [0.25, 0.3) is 0 Å². The van der Waals surface area contributed by atoms with Gasteiger partial charge >= 0.3 is 0 Å². The number of hydrogen-bond acceptors (Lipinski definition) is 2. The molecule has 0 aromatic heterocycles. The molecule has 2 aliphatic rings. The third kappa shape index (κ3) is 2.12. The molecule has 0 amide bonds. The maximum Gasteiger partial charge on any atom is 0.0864 e. The second-order valence-corrected chi connectivity index (χ2v) is 5.35. The van der Waals surface area contributed by atoms with E-state index in [1.807, 2.05) is 0 Å². The largest absolute Gasteiger partial charge is 0.373 e. The van der Waals surface area contributed by atoms with Crippen LogP contribution in [0.15, 0.2) is 0 Å². The van der Waals surface area contributed by atoms with Gasteiger partial charge in [-0.25, -0.2) is 0 Å². The molecule has 0 N–H and O–H groups in total. The Balaban J connectivity index is 1.94. The molecule has 1 aliphatic carbocycles. The second-order valence-electron chi connectivity index (χ2n) is 5.35. The van der Waals surface area contributed by atoms with Crippen molar-refractivity contribution in [3.05, 3.63) is 0 Å². The van der Waals surface area contributed by atoms with Crippen LogP contribution in [-0.4, -0.2) is 24.4 Å². The van der Waals surface area contributed by atoms with Gasteiger partial charge in [0.2, 0.25) is 0 Å². The molecule has 0 radical (unpaired) electrons. The first kappa shape index (κ1) is 10.4. The Kier molecular flexibility index (Phi) is 2.85. The van der Waals surface area contributed by atoms with Gasteiger partial charge in [0.05, 0.1) is 24.4 Å². The van der Waals surface area contributed by atoms with Crippen LogP contribution >= 0.6 is 0 Å². The van der Waals surface area contributed by atoms with E-state index < -0.39 is 0 Å².